The first-order valence-corrected chi connectivity index (χ1v) is 4.76. The molecular weight excluding hydrogens is 202 g/mol. The molecule has 0 saturated heterocycles. The Labute approximate surface area is 85.9 Å². The van der Waals surface area contributed by atoms with Gasteiger partial charge in [-0.15, -0.1) is 0 Å². The fourth-order valence-electron chi connectivity index (χ4n) is 1.64. The van der Waals surface area contributed by atoms with E-state index in [1.54, 1.807) is 6.07 Å². The molecule has 1 heterocycles. The first kappa shape index (κ1) is 10.1. The van der Waals surface area contributed by atoms with Crippen molar-refractivity contribution in [3.63, 3.8) is 0 Å². The molecule has 0 unspecified atom stereocenters. The van der Waals surface area contributed by atoms with Gasteiger partial charge in [0.05, 0.1) is 6.61 Å². The van der Waals surface area contributed by atoms with Crippen LogP contribution >= 0.6 is 0 Å². The fourth-order valence-corrected chi connectivity index (χ4v) is 1.64. The summed E-state index contributed by atoms with van der Waals surface area (Å²) in [6.07, 6.45) is -1.30. The van der Waals surface area contributed by atoms with Gasteiger partial charge < -0.3 is 4.74 Å². The number of hydrogen-bond acceptors (Lipinski definition) is 2. The van der Waals surface area contributed by atoms with Crippen LogP contribution in [0.4, 0.5) is 8.78 Å². The molecule has 1 aromatic rings. The summed E-state index contributed by atoms with van der Waals surface area (Å²) in [5.74, 6) is -0.421. The highest BCUT2D eigenvalue weighted by Crippen LogP contribution is 2.26. The number of alkyl halides is 2. The maximum atomic E-state index is 12.2. The van der Waals surface area contributed by atoms with Crippen LogP contribution in [0.5, 0.6) is 5.75 Å². The Hall–Kier alpha value is -1.45. The minimum absolute atomic E-state index is 0.0641. The number of ketones is 1. The molecule has 0 bridgehead atoms. The third kappa shape index (κ3) is 1.98. The molecule has 0 radical (unpaired) electrons. The lowest BCUT2D eigenvalue weighted by atomic mass is 10.0. The molecule has 2 rings (SSSR count). The Morgan fingerprint density at radius 2 is 2.20 bits per heavy atom. The van der Waals surface area contributed by atoms with Gasteiger partial charge in [0.1, 0.15) is 5.75 Å². The smallest absolute Gasteiger partial charge is 0.300 e. The minimum atomic E-state index is -2.94. The van der Waals surface area contributed by atoms with E-state index in [2.05, 4.69) is 0 Å². The molecule has 80 valence electrons. The van der Waals surface area contributed by atoms with Crippen molar-refractivity contribution in [2.45, 2.75) is 19.3 Å². The molecule has 0 aliphatic carbocycles. The summed E-state index contributed by atoms with van der Waals surface area (Å²) in [7, 11) is 0. The van der Waals surface area contributed by atoms with Gasteiger partial charge in [0.25, 0.3) is 0 Å². The monoisotopic (exact) mass is 212 g/mol. The number of carbonyl (C=O) groups is 1. The van der Waals surface area contributed by atoms with Gasteiger partial charge in [-0.2, -0.15) is 0 Å². The van der Waals surface area contributed by atoms with Crippen LogP contribution in [0.15, 0.2) is 18.2 Å². The molecule has 0 saturated carbocycles. The van der Waals surface area contributed by atoms with Crippen molar-refractivity contribution in [1.29, 1.82) is 0 Å². The van der Waals surface area contributed by atoms with Gasteiger partial charge in [0, 0.05) is 5.56 Å². The zero-order valence-electron chi connectivity index (χ0n) is 8.00. The molecule has 0 atom stereocenters. The predicted octanol–water partition coefficient (Wildman–Crippen LogP) is 2.46. The largest absolute Gasteiger partial charge is 0.493 e. The predicted molar refractivity (Wildman–Crippen MR) is 50.6 cm³/mol. The molecule has 1 aromatic carbocycles. The van der Waals surface area contributed by atoms with Crippen LogP contribution in [0.25, 0.3) is 0 Å². The summed E-state index contributed by atoms with van der Waals surface area (Å²) in [4.78, 5) is 11.0. The maximum absolute atomic E-state index is 12.2. The number of hydrogen-bond donors (Lipinski definition) is 0. The van der Waals surface area contributed by atoms with Crippen molar-refractivity contribution < 1.29 is 18.3 Å². The highest BCUT2D eigenvalue weighted by molar-refractivity contribution is 5.98. The second-order valence-electron chi connectivity index (χ2n) is 3.44. The molecule has 2 nitrogen and oxygen atoms in total. The summed E-state index contributed by atoms with van der Waals surface area (Å²) in [5.41, 5.74) is 0.905. The average Bonchev–Trinajstić information content (AvgIpc) is 2.27. The molecule has 0 spiro atoms. The van der Waals surface area contributed by atoms with Crippen LogP contribution in [-0.4, -0.2) is 18.8 Å². The van der Waals surface area contributed by atoms with Crippen LogP contribution in [0.3, 0.4) is 0 Å². The van der Waals surface area contributed by atoms with E-state index in [-0.39, 0.29) is 5.56 Å². The lowest BCUT2D eigenvalue weighted by Crippen LogP contribution is -2.13. The van der Waals surface area contributed by atoms with Gasteiger partial charge in [-0.1, -0.05) is 0 Å². The van der Waals surface area contributed by atoms with Crippen molar-refractivity contribution in [3.8, 4) is 5.75 Å². The summed E-state index contributed by atoms with van der Waals surface area (Å²) >= 11 is 0. The average molecular weight is 212 g/mol. The van der Waals surface area contributed by atoms with Crippen LogP contribution in [0.2, 0.25) is 0 Å². The normalized spacial score (nSPS) is 14.6. The van der Waals surface area contributed by atoms with Crippen molar-refractivity contribution in [1.82, 2.24) is 0 Å². The van der Waals surface area contributed by atoms with Crippen LogP contribution in [0, 0.1) is 0 Å². The first-order valence-electron chi connectivity index (χ1n) is 4.76. The van der Waals surface area contributed by atoms with E-state index >= 15 is 0 Å². The van der Waals surface area contributed by atoms with E-state index in [0.29, 0.717) is 12.4 Å². The Bertz CT molecular complexity index is 388. The standard InChI is InChI=1S/C11H10F2O2/c12-11(13)10(14)8-3-4-9-7(6-8)2-1-5-15-9/h3-4,6,11H,1-2,5H2. The van der Waals surface area contributed by atoms with E-state index in [1.807, 2.05) is 0 Å². The third-order valence-electron chi connectivity index (χ3n) is 2.39. The van der Waals surface area contributed by atoms with Crippen LogP contribution in [0.1, 0.15) is 22.3 Å². The number of carbonyl (C=O) groups excluding carboxylic acids is 1. The third-order valence-corrected chi connectivity index (χ3v) is 2.39. The minimum Gasteiger partial charge on any atom is -0.493 e. The molecule has 15 heavy (non-hydrogen) atoms. The SMILES string of the molecule is O=C(c1ccc2c(c1)CCCO2)C(F)F. The van der Waals surface area contributed by atoms with Gasteiger partial charge in [-0.25, -0.2) is 8.78 Å². The Morgan fingerprint density at radius 1 is 1.40 bits per heavy atom. The molecule has 1 aliphatic rings. The topological polar surface area (TPSA) is 26.3 Å². The summed E-state index contributed by atoms with van der Waals surface area (Å²) in [5, 5.41) is 0. The number of aryl methyl sites for hydroxylation is 1. The zero-order chi connectivity index (χ0) is 10.8. The lowest BCUT2D eigenvalue weighted by molar-refractivity contribution is 0.0678. The molecule has 0 fully saturated rings. The van der Waals surface area contributed by atoms with Gasteiger partial charge in [-0.05, 0) is 36.6 Å². The van der Waals surface area contributed by atoms with E-state index in [0.717, 1.165) is 18.4 Å². The Morgan fingerprint density at radius 3 is 2.93 bits per heavy atom. The van der Waals surface area contributed by atoms with Crippen molar-refractivity contribution >= 4 is 5.78 Å². The molecule has 0 N–H and O–H groups in total. The maximum Gasteiger partial charge on any atom is 0.300 e. The van der Waals surface area contributed by atoms with Gasteiger partial charge in [0.15, 0.2) is 0 Å². The quantitative estimate of drug-likeness (QED) is 0.704. The summed E-state index contributed by atoms with van der Waals surface area (Å²) in [6.45, 7) is 0.648. The highest BCUT2D eigenvalue weighted by atomic mass is 19.3. The molecular formula is C11H10F2O2. The highest BCUT2D eigenvalue weighted by Gasteiger charge is 2.20. The zero-order valence-corrected chi connectivity index (χ0v) is 8.00. The summed E-state index contributed by atoms with van der Waals surface area (Å²) < 4.78 is 29.7. The lowest BCUT2D eigenvalue weighted by Gasteiger charge is -2.17. The van der Waals surface area contributed by atoms with Gasteiger partial charge in [0.2, 0.25) is 5.78 Å². The van der Waals surface area contributed by atoms with Crippen molar-refractivity contribution in [2.75, 3.05) is 6.61 Å². The second kappa shape index (κ2) is 3.96. The Balaban J connectivity index is 2.32. The van der Waals surface area contributed by atoms with Crippen LogP contribution < -0.4 is 4.74 Å². The number of Topliss-reactive ketones (excluding diaryl/α,β-unsaturated/α-hetero) is 1. The van der Waals surface area contributed by atoms with E-state index < -0.39 is 12.2 Å². The number of ether oxygens (including phenoxy) is 1. The summed E-state index contributed by atoms with van der Waals surface area (Å²) in [6, 6.07) is 4.48. The second-order valence-corrected chi connectivity index (χ2v) is 3.44. The molecule has 0 aromatic heterocycles. The number of benzene rings is 1. The first-order chi connectivity index (χ1) is 7.18. The number of rotatable bonds is 2. The molecule has 0 amide bonds. The number of halogens is 2. The molecule has 1 aliphatic heterocycles. The van der Waals surface area contributed by atoms with Gasteiger partial charge >= 0.3 is 6.43 Å². The fraction of sp³-hybridized carbons (Fsp3) is 0.364. The van der Waals surface area contributed by atoms with E-state index in [9.17, 15) is 13.6 Å². The van der Waals surface area contributed by atoms with E-state index in [1.165, 1.54) is 12.1 Å². The number of fused-ring (bicyclic) bond motifs is 1. The van der Waals surface area contributed by atoms with Crippen LogP contribution in [-0.2, 0) is 6.42 Å². The van der Waals surface area contributed by atoms with Crippen molar-refractivity contribution in [3.05, 3.63) is 29.3 Å². The van der Waals surface area contributed by atoms with Crippen molar-refractivity contribution in [2.24, 2.45) is 0 Å². The Kier molecular flexibility index (Phi) is 2.66. The van der Waals surface area contributed by atoms with E-state index in [4.69, 9.17) is 4.74 Å². The van der Waals surface area contributed by atoms with Gasteiger partial charge in [-0.3, -0.25) is 4.79 Å². The molecule has 4 heteroatoms.